The maximum Gasteiger partial charge on any atom is 0.145 e. The quantitative estimate of drug-likeness (QED) is 0.236. The number of hydrogen-bond donors (Lipinski definition) is 1. The monoisotopic (exact) mass is 540 g/mol. The molecule has 0 atom stereocenters. The molecule has 0 saturated carbocycles. The third-order valence-electron chi connectivity index (χ3n) is 8.03. The molecular weight excluding hydrogens is 512 g/mol. The molecule has 0 amide bonds. The van der Waals surface area contributed by atoms with Crippen LogP contribution in [-0.2, 0) is 0 Å². The summed E-state index contributed by atoms with van der Waals surface area (Å²) in [4.78, 5) is 5.06. The van der Waals surface area contributed by atoms with Crippen molar-refractivity contribution in [2.75, 3.05) is 5.32 Å². The largest absolute Gasteiger partial charge is 0.355 e. The van der Waals surface area contributed by atoms with Gasteiger partial charge in [0, 0.05) is 39.1 Å². The second kappa shape index (κ2) is 9.79. The Bertz CT molecular complexity index is 2210. The summed E-state index contributed by atoms with van der Waals surface area (Å²) in [5.41, 5.74) is 11.2. The Balaban J connectivity index is 1.27. The van der Waals surface area contributed by atoms with Crippen molar-refractivity contribution in [3.8, 4) is 22.8 Å². The Morgan fingerprint density at radius 3 is 1.95 bits per heavy atom. The van der Waals surface area contributed by atoms with Gasteiger partial charge in [-0.3, -0.25) is 4.57 Å². The van der Waals surface area contributed by atoms with Crippen molar-refractivity contribution < 1.29 is 0 Å². The maximum absolute atomic E-state index is 5.06. The smallest absolute Gasteiger partial charge is 0.145 e. The first kappa shape index (κ1) is 24.2. The number of aromatic nitrogens is 3. The molecule has 4 nitrogen and oxygen atoms in total. The minimum atomic E-state index is 0.934. The molecule has 8 rings (SSSR count). The highest BCUT2D eigenvalue weighted by molar-refractivity contribution is 6.10. The number of nitrogens with zero attached hydrogens (tertiary/aromatic N) is 3. The van der Waals surface area contributed by atoms with Gasteiger partial charge in [-0.1, -0.05) is 66.7 Å². The lowest BCUT2D eigenvalue weighted by Crippen LogP contribution is -1.98. The lowest BCUT2D eigenvalue weighted by molar-refractivity contribution is 1.10. The lowest BCUT2D eigenvalue weighted by Gasteiger charge is -2.13. The first-order chi connectivity index (χ1) is 20.7. The van der Waals surface area contributed by atoms with Gasteiger partial charge in [-0.05, 0) is 91.3 Å². The minimum Gasteiger partial charge on any atom is -0.355 e. The SMILES string of the molecule is Cc1cc2c(cc1Nc1ccccc1)c1ccccc1n2-c1ccc(-c2nc3ccccc3n2-c2ccccc2)cc1. The molecule has 0 radical (unpaired) electrons. The average Bonchev–Trinajstić information content (AvgIpc) is 3.58. The van der Waals surface area contributed by atoms with Crippen LogP contribution >= 0.6 is 0 Å². The average molecular weight is 541 g/mol. The molecule has 0 fully saturated rings. The van der Waals surface area contributed by atoms with E-state index in [2.05, 4.69) is 149 Å². The Morgan fingerprint density at radius 2 is 1.17 bits per heavy atom. The fraction of sp³-hybridized carbons (Fsp3) is 0.0263. The van der Waals surface area contributed by atoms with Gasteiger partial charge in [-0.2, -0.15) is 0 Å². The van der Waals surface area contributed by atoms with E-state index in [0.717, 1.165) is 45.2 Å². The molecule has 0 spiro atoms. The molecule has 0 unspecified atom stereocenters. The number of anilines is 2. The Kier molecular flexibility index (Phi) is 5.64. The molecule has 8 aromatic rings. The number of benzene rings is 6. The summed E-state index contributed by atoms with van der Waals surface area (Å²) in [6.07, 6.45) is 0. The van der Waals surface area contributed by atoms with Crippen molar-refractivity contribution in [1.82, 2.24) is 14.1 Å². The zero-order valence-corrected chi connectivity index (χ0v) is 23.2. The Hall–Kier alpha value is -5.61. The van der Waals surface area contributed by atoms with Crippen molar-refractivity contribution in [2.45, 2.75) is 6.92 Å². The molecule has 0 aliphatic heterocycles. The number of hydrogen-bond acceptors (Lipinski definition) is 2. The minimum absolute atomic E-state index is 0.934. The van der Waals surface area contributed by atoms with Gasteiger partial charge >= 0.3 is 0 Å². The predicted octanol–water partition coefficient (Wildman–Crippen LogP) is 9.84. The van der Waals surface area contributed by atoms with Gasteiger partial charge < -0.3 is 9.88 Å². The second-order valence-corrected chi connectivity index (χ2v) is 10.7. The van der Waals surface area contributed by atoms with E-state index in [1.54, 1.807) is 0 Å². The third kappa shape index (κ3) is 3.96. The number of rotatable bonds is 5. The van der Waals surface area contributed by atoms with E-state index in [1.165, 1.54) is 27.4 Å². The summed E-state index contributed by atoms with van der Waals surface area (Å²) in [6.45, 7) is 2.17. The zero-order chi connectivity index (χ0) is 28.0. The van der Waals surface area contributed by atoms with E-state index < -0.39 is 0 Å². The Labute approximate surface area is 244 Å². The molecule has 4 heteroatoms. The van der Waals surface area contributed by atoms with E-state index in [4.69, 9.17) is 4.98 Å². The third-order valence-corrected chi connectivity index (χ3v) is 8.03. The molecule has 2 aromatic heterocycles. The maximum atomic E-state index is 5.06. The molecule has 6 aromatic carbocycles. The van der Waals surface area contributed by atoms with E-state index in [1.807, 2.05) is 18.2 Å². The summed E-state index contributed by atoms with van der Waals surface area (Å²) >= 11 is 0. The van der Waals surface area contributed by atoms with Gasteiger partial charge in [0.05, 0.1) is 22.1 Å². The highest BCUT2D eigenvalue weighted by atomic mass is 15.1. The molecule has 1 N–H and O–H groups in total. The van der Waals surface area contributed by atoms with Crippen LogP contribution in [0.2, 0.25) is 0 Å². The zero-order valence-electron chi connectivity index (χ0n) is 23.2. The van der Waals surface area contributed by atoms with Gasteiger partial charge in [0.2, 0.25) is 0 Å². The summed E-state index contributed by atoms with van der Waals surface area (Å²) in [6, 6.07) is 51.2. The summed E-state index contributed by atoms with van der Waals surface area (Å²) in [7, 11) is 0. The van der Waals surface area contributed by atoms with Gasteiger partial charge in [0.15, 0.2) is 0 Å². The number of imidazole rings is 1. The van der Waals surface area contributed by atoms with Gasteiger partial charge in [0.25, 0.3) is 0 Å². The van der Waals surface area contributed by atoms with Crippen LogP contribution < -0.4 is 5.32 Å². The molecule has 200 valence electrons. The van der Waals surface area contributed by atoms with Crippen LogP contribution in [0.5, 0.6) is 0 Å². The summed E-state index contributed by atoms with van der Waals surface area (Å²) in [5.74, 6) is 0.934. The van der Waals surface area contributed by atoms with E-state index >= 15 is 0 Å². The molecule has 0 saturated heterocycles. The summed E-state index contributed by atoms with van der Waals surface area (Å²) < 4.78 is 4.61. The van der Waals surface area contributed by atoms with Crippen molar-refractivity contribution in [2.24, 2.45) is 0 Å². The van der Waals surface area contributed by atoms with Crippen LogP contribution in [0, 0.1) is 6.92 Å². The van der Waals surface area contributed by atoms with E-state index in [-0.39, 0.29) is 0 Å². The Morgan fingerprint density at radius 1 is 0.524 bits per heavy atom. The molecule has 2 heterocycles. The first-order valence-corrected chi connectivity index (χ1v) is 14.2. The van der Waals surface area contributed by atoms with Crippen LogP contribution in [0.25, 0.3) is 55.6 Å². The molecule has 0 aliphatic carbocycles. The first-order valence-electron chi connectivity index (χ1n) is 14.2. The van der Waals surface area contributed by atoms with Gasteiger partial charge in [-0.15, -0.1) is 0 Å². The van der Waals surface area contributed by atoms with Crippen molar-refractivity contribution in [3.05, 3.63) is 151 Å². The summed E-state index contributed by atoms with van der Waals surface area (Å²) in [5, 5.41) is 6.08. The topological polar surface area (TPSA) is 34.8 Å². The van der Waals surface area contributed by atoms with Crippen molar-refractivity contribution in [3.63, 3.8) is 0 Å². The standard InChI is InChI=1S/C38H28N4/c1-26-24-37-32(25-34(26)39-28-12-4-2-5-13-28)31-16-8-10-18-35(31)41(37)30-22-20-27(21-23-30)38-40-33-17-9-11-19-36(33)42(38)29-14-6-3-7-15-29/h2-25,39H,1H3. The van der Waals surface area contributed by atoms with E-state index in [9.17, 15) is 0 Å². The second-order valence-electron chi connectivity index (χ2n) is 10.7. The predicted molar refractivity (Wildman–Crippen MR) is 175 cm³/mol. The fourth-order valence-electron chi connectivity index (χ4n) is 6.03. The van der Waals surface area contributed by atoms with E-state index in [0.29, 0.717) is 0 Å². The highest BCUT2D eigenvalue weighted by Gasteiger charge is 2.17. The normalized spacial score (nSPS) is 11.5. The van der Waals surface area contributed by atoms with Crippen LogP contribution in [-0.4, -0.2) is 14.1 Å². The van der Waals surface area contributed by atoms with Crippen LogP contribution in [0.3, 0.4) is 0 Å². The van der Waals surface area contributed by atoms with Gasteiger partial charge in [0.1, 0.15) is 5.82 Å². The highest BCUT2D eigenvalue weighted by Crippen LogP contribution is 2.37. The number of fused-ring (bicyclic) bond motifs is 4. The van der Waals surface area contributed by atoms with Gasteiger partial charge in [-0.25, -0.2) is 4.98 Å². The number of para-hydroxylation sites is 5. The molecule has 42 heavy (non-hydrogen) atoms. The molecule has 0 bridgehead atoms. The number of aryl methyl sites for hydroxylation is 1. The molecular formula is C38H28N4. The lowest BCUT2D eigenvalue weighted by atomic mass is 10.1. The van der Waals surface area contributed by atoms with Crippen LogP contribution in [0.15, 0.2) is 146 Å². The van der Waals surface area contributed by atoms with Crippen LogP contribution in [0.1, 0.15) is 5.56 Å². The number of nitrogens with one attached hydrogen (secondary N) is 1. The fourth-order valence-corrected chi connectivity index (χ4v) is 6.03. The van der Waals surface area contributed by atoms with Crippen molar-refractivity contribution in [1.29, 1.82) is 0 Å². The van der Waals surface area contributed by atoms with Crippen molar-refractivity contribution >= 4 is 44.2 Å². The molecule has 0 aliphatic rings. The van der Waals surface area contributed by atoms with Crippen LogP contribution in [0.4, 0.5) is 11.4 Å².